The Hall–Kier alpha value is -3.90. The number of rotatable bonds is 12. The number of hydrogen-bond acceptors (Lipinski definition) is 6. The van der Waals surface area contributed by atoms with Crippen LogP contribution in [0.3, 0.4) is 0 Å². The quantitative estimate of drug-likeness (QED) is 0.253. The molecule has 0 radical (unpaired) electrons. The summed E-state index contributed by atoms with van der Waals surface area (Å²) in [5, 5.41) is 11.1. The summed E-state index contributed by atoms with van der Waals surface area (Å²) in [7, 11) is 0. The number of nitrogens with one attached hydrogen (secondary N) is 1. The van der Waals surface area contributed by atoms with E-state index in [1.807, 2.05) is 48.5 Å². The Balaban J connectivity index is 0.000000673. The Bertz CT molecular complexity index is 1170. The van der Waals surface area contributed by atoms with Crippen LogP contribution in [0.15, 0.2) is 65.1 Å². The standard InChI is InChI=1S/C25H32N4O3.C2HF3O2/c26-14-6-12-22(25(31)28-15-7-10-19-8-2-1-3-9-19)29(24(30)17-27)18-21-16-20-11-4-5-13-23(20)32-21;3-2(4,5)1(6)7/h1-5,8-9,11,13,16,22H,6-7,10,12,14-15,17-18,26-27H2,(H,28,31);(H,6,7). The fraction of sp³-hybridized carbons (Fsp3) is 0.370. The largest absolute Gasteiger partial charge is 0.490 e. The maximum absolute atomic E-state index is 13.1. The summed E-state index contributed by atoms with van der Waals surface area (Å²) >= 11 is 0. The molecule has 0 fully saturated rings. The average Bonchev–Trinajstić information content (AvgIpc) is 3.33. The zero-order valence-corrected chi connectivity index (χ0v) is 21.3. The molecule has 39 heavy (non-hydrogen) atoms. The molecular weight excluding hydrogens is 517 g/mol. The lowest BCUT2D eigenvalue weighted by molar-refractivity contribution is -0.192. The first-order valence-electron chi connectivity index (χ1n) is 12.4. The second kappa shape index (κ2) is 15.5. The van der Waals surface area contributed by atoms with Gasteiger partial charge in [-0.1, -0.05) is 48.5 Å². The molecule has 212 valence electrons. The fourth-order valence-corrected chi connectivity index (χ4v) is 3.78. The van der Waals surface area contributed by atoms with E-state index < -0.39 is 18.2 Å². The third-order valence-corrected chi connectivity index (χ3v) is 5.69. The van der Waals surface area contributed by atoms with E-state index in [2.05, 4.69) is 17.4 Å². The molecule has 1 heterocycles. The summed E-state index contributed by atoms with van der Waals surface area (Å²) in [5.41, 5.74) is 13.3. The summed E-state index contributed by atoms with van der Waals surface area (Å²) in [6.07, 6.45) is -2.31. The van der Waals surface area contributed by atoms with Crippen LogP contribution in [0.5, 0.6) is 0 Å². The lowest BCUT2D eigenvalue weighted by Crippen LogP contribution is -2.51. The van der Waals surface area contributed by atoms with Gasteiger partial charge >= 0.3 is 12.1 Å². The minimum atomic E-state index is -5.08. The number of amides is 2. The number of benzene rings is 2. The van der Waals surface area contributed by atoms with Crippen LogP contribution in [0.4, 0.5) is 13.2 Å². The normalized spacial score (nSPS) is 11.8. The van der Waals surface area contributed by atoms with Crippen molar-refractivity contribution < 1.29 is 37.1 Å². The minimum Gasteiger partial charge on any atom is -0.475 e. The number of nitrogens with zero attached hydrogens (tertiary/aromatic N) is 1. The third-order valence-electron chi connectivity index (χ3n) is 5.69. The number of carboxylic acid groups (broad SMARTS) is 1. The van der Waals surface area contributed by atoms with Crippen molar-refractivity contribution in [3.8, 4) is 0 Å². The molecule has 0 bridgehead atoms. The molecule has 1 unspecified atom stereocenters. The first-order valence-corrected chi connectivity index (χ1v) is 12.4. The van der Waals surface area contributed by atoms with Crippen LogP contribution in [-0.4, -0.2) is 59.6 Å². The van der Waals surface area contributed by atoms with E-state index in [1.54, 1.807) is 0 Å². The number of nitrogens with two attached hydrogens (primary N) is 2. The summed E-state index contributed by atoms with van der Waals surface area (Å²) in [6.45, 7) is 0.966. The number of aryl methyl sites for hydroxylation is 1. The number of para-hydroxylation sites is 1. The first kappa shape index (κ1) is 31.3. The Labute approximate surface area is 223 Å². The summed E-state index contributed by atoms with van der Waals surface area (Å²) < 4.78 is 37.6. The zero-order chi connectivity index (χ0) is 28.8. The van der Waals surface area contributed by atoms with Gasteiger partial charge in [-0.3, -0.25) is 9.59 Å². The van der Waals surface area contributed by atoms with Crippen molar-refractivity contribution in [1.29, 1.82) is 0 Å². The van der Waals surface area contributed by atoms with Crippen LogP contribution in [-0.2, 0) is 27.3 Å². The van der Waals surface area contributed by atoms with E-state index in [0.29, 0.717) is 31.7 Å². The number of carboxylic acids is 1. The SMILES string of the molecule is NCCCC(C(=O)NCCCc1ccccc1)N(Cc1cc2ccccc2o1)C(=O)CN.O=C(O)C(F)(F)F. The second-order valence-electron chi connectivity index (χ2n) is 8.61. The highest BCUT2D eigenvalue weighted by Gasteiger charge is 2.38. The number of hydrogen-bond donors (Lipinski definition) is 4. The number of alkyl halides is 3. The van der Waals surface area contributed by atoms with Crippen molar-refractivity contribution in [2.75, 3.05) is 19.6 Å². The monoisotopic (exact) mass is 550 g/mol. The van der Waals surface area contributed by atoms with E-state index in [0.717, 1.165) is 23.8 Å². The third kappa shape index (κ3) is 10.4. The smallest absolute Gasteiger partial charge is 0.475 e. The van der Waals surface area contributed by atoms with Gasteiger partial charge in [0.15, 0.2) is 0 Å². The Morgan fingerprint density at radius 3 is 2.23 bits per heavy atom. The number of aliphatic carboxylic acids is 1. The highest BCUT2D eigenvalue weighted by Crippen LogP contribution is 2.22. The van der Waals surface area contributed by atoms with Crippen molar-refractivity contribution >= 4 is 28.8 Å². The van der Waals surface area contributed by atoms with E-state index in [1.165, 1.54) is 10.5 Å². The van der Waals surface area contributed by atoms with E-state index >= 15 is 0 Å². The molecule has 3 aromatic rings. The molecule has 0 saturated carbocycles. The summed E-state index contributed by atoms with van der Waals surface area (Å²) in [6, 6.07) is 19.0. The molecule has 0 aliphatic carbocycles. The van der Waals surface area contributed by atoms with Gasteiger partial charge in [-0.15, -0.1) is 0 Å². The van der Waals surface area contributed by atoms with Crippen LogP contribution >= 0.6 is 0 Å². The Morgan fingerprint density at radius 2 is 1.64 bits per heavy atom. The van der Waals surface area contributed by atoms with Gasteiger partial charge in [0, 0.05) is 11.9 Å². The topological polar surface area (TPSA) is 152 Å². The van der Waals surface area contributed by atoms with Gasteiger partial charge in [0.05, 0.1) is 13.1 Å². The molecule has 2 amide bonds. The van der Waals surface area contributed by atoms with Crippen molar-refractivity contribution in [3.63, 3.8) is 0 Å². The van der Waals surface area contributed by atoms with Crippen LogP contribution < -0.4 is 16.8 Å². The average molecular weight is 551 g/mol. The highest BCUT2D eigenvalue weighted by atomic mass is 19.4. The fourth-order valence-electron chi connectivity index (χ4n) is 3.78. The molecule has 0 aliphatic rings. The molecule has 1 atom stereocenters. The number of carbonyl (C=O) groups excluding carboxylic acids is 2. The molecule has 0 spiro atoms. The van der Waals surface area contributed by atoms with Crippen molar-refractivity contribution in [3.05, 3.63) is 72.0 Å². The van der Waals surface area contributed by atoms with Gasteiger partial charge in [0.25, 0.3) is 0 Å². The maximum Gasteiger partial charge on any atom is 0.490 e. The van der Waals surface area contributed by atoms with Crippen LogP contribution in [0.25, 0.3) is 11.0 Å². The molecule has 9 nitrogen and oxygen atoms in total. The summed E-state index contributed by atoms with van der Waals surface area (Å²) in [4.78, 5) is 36.2. The predicted octanol–water partition coefficient (Wildman–Crippen LogP) is 3.21. The van der Waals surface area contributed by atoms with Gasteiger partial charge in [0.2, 0.25) is 11.8 Å². The molecule has 3 rings (SSSR count). The second-order valence-corrected chi connectivity index (χ2v) is 8.61. The van der Waals surface area contributed by atoms with Gasteiger partial charge in [-0.05, 0) is 49.9 Å². The molecule has 12 heteroatoms. The first-order chi connectivity index (χ1) is 18.6. The zero-order valence-electron chi connectivity index (χ0n) is 21.3. The lowest BCUT2D eigenvalue weighted by atomic mass is 10.1. The van der Waals surface area contributed by atoms with E-state index in [-0.39, 0.29) is 24.9 Å². The molecule has 1 aromatic heterocycles. The van der Waals surface area contributed by atoms with Crippen molar-refractivity contribution in [2.24, 2.45) is 11.5 Å². The highest BCUT2D eigenvalue weighted by molar-refractivity contribution is 5.88. The van der Waals surface area contributed by atoms with Gasteiger partial charge in [-0.25, -0.2) is 4.79 Å². The van der Waals surface area contributed by atoms with Crippen molar-refractivity contribution in [2.45, 2.75) is 44.4 Å². The van der Waals surface area contributed by atoms with Crippen LogP contribution in [0, 0.1) is 0 Å². The minimum absolute atomic E-state index is 0.178. The number of carbonyl (C=O) groups is 3. The molecular formula is C27H33F3N4O5. The summed E-state index contributed by atoms with van der Waals surface area (Å²) in [5.74, 6) is -2.63. The van der Waals surface area contributed by atoms with Gasteiger partial charge in [-0.2, -0.15) is 13.2 Å². The predicted molar refractivity (Wildman–Crippen MR) is 139 cm³/mol. The molecule has 6 N–H and O–H groups in total. The van der Waals surface area contributed by atoms with Crippen molar-refractivity contribution in [1.82, 2.24) is 10.2 Å². The molecule has 0 aliphatic heterocycles. The van der Waals surface area contributed by atoms with Crippen LogP contribution in [0.1, 0.15) is 30.6 Å². The lowest BCUT2D eigenvalue weighted by Gasteiger charge is -2.30. The number of fused-ring (bicyclic) bond motifs is 1. The molecule has 2 aromatic carbocycles. The maximum atomic E-state index is 13.1. The molecule has 0 saturated heterocycles. The number of halogens is 3. The van der Waals surface area contributed by atoms with E-state index in [4.69, 9.17) is 25.8 Å². The van der Waals surface area contributed by atoms with E-state index in [9.17, 15) is 22.8 Å². The number of furan rings is 1. The Morgan fingerprint density at radius 1 is 1.00 bits per heavy atom. The van der Waals surface area contributed by atoms with Gasteiger partial charge in [0.1, 0.15) is 17.4 Å². The Kier molecular flexibility index (Phi) is 12.4. The van der Waals surface area contributed by atoms with Gasteiger partial charge < -0.3 is 31.2 Å². The van der Waals surface area contributed by atoms with Crippen LogP contribution in [0.2, 0.25) is 0 Å².